The Bertz CT molecular complexity index is 1330. The third kappa shape index (κ3) is 3.38. The predicted octanol–water partition coefficient (Wildman–Crippen LogP) is 4.55. The first-order valence-corrected chi connectivity index (χ1v) is 10.2. The summed E-state index contributed by atoms with van der Waals surface area (Å²) in [5.74, 6) is -3.05. The molecule has 0 radical (unpaired) electrons. The highest BCUT2D eigenvalue weighted by atomic mass is 16.2. The number of Topliss-reactive ketones (excluding diaryl/α,β-unsaturated/α-hetero) is 3. The van der Waals surface area contributed by atoms with E-state index in [0.717, 1.165) is 4.90 Å². The fourth-order valence-electron chi connectivity index (χ4n) is 3.92. The number of carbonyl (C=O) groups excluding carboxylic acids is 4. The normalized spacial score (nSPS) is 13.7. The number of anilines is 1. The van der Waals surface area contributed by atoms with E-state index in [1.165, 1.54) is 0 Å². The summed E-state index contributed by atoms with van der Waals surface area (Å²) in [6, 6.07) is 20.7. The maximum absolute atomic E-state index is 13.7. The quantitative estimate of drug-likeness (QED) is 0.343. The van der Waals surface area contributed by atoms with Crippen LogP contribution in [0.2, 0.25) is 0 Å². The lowest BCUT2D eigenvalue weighted by molar-refractivity contribution is -0.132. The zero-order valence-electron chi connectivity index (χ0n) is 18.0. The zero-order valence-corrected chi connectivity index (χ0v) is 18.0. The van der Waals surface area contributed by atoms with Gasteiger partial charge in [-0.2, -0.15) is 0 Å². The molecule has 0 aliphatic carbocycles. The lowest BCUT2D eigenvalue weighted by Crippen LogP contribution is -2.32. The van der Waals surface area contributed by atoms with Crippen molar-refractivity contribution in [3.05, 3.63) is 112 Å². The van der Waals surface area contributed by atoms with Gasteiger partial charge in [0.15, 0.2) is 5.78 Å². The SMILES string of the molecule is Cc1ccccc1C(=O)C1=C(C(=O)c2ccccc2C)N(c2ccccc2C)C(=O)C1=O. The van der Waals surface area contributed by atoms with Gasteiger partial charge in [-0.1, -0.05) is 66.7 Å². The van der Waals surface area contributed by atoms with E-state index >= 15 is 0 Å². The standard InChI is InChI=1S/C27H21NO4/c1-16-10-4-7-13-19(16)24(29)22-23(25(30)20-14-8-5-11-17(20)2)28(27(32)26(22)31)21-15-9-6-12-18(21)3/h4-15H,1-3H3. The fraction of sp³-hybridized carbons (Fsp3) is 0.111. The van der Waals surface area contributed by atoms with Crippen LogP contribution in [0.15, 0.2) is 84.1 Å². The highest BCUT2D eigenvalue weighted by molar-refractivity contribution is 6.59. The van der Waals surface area contributed by atoms with Crippen molar-refractivity contribution in [1.29, 1.82) is 0 Å². The van der Waals surface area contributed by atoms with Crippen molar-refractivity contribution in [3.8, 4) is 0 Å². The first kappa shape index (κ1) is 21.1. The molecule has 5 nitrogen and oxygen atoms in total. The molecular formula is C27H21NO4. The summed E-state index contributed by atoms with van der Waals surface area (Å²) in [5, 5.41) is 0. The van der Waals surface area contributed by atoms with Gasteiger partial charge >= 0.3 is 5.91 Å². The molecule has 1 aliphatic rings. The smallest absolute Gasteiger partial charge is 0.288 e. The number of benzene rings is 3. The van der Waals surface area contributed by atoms with Gasteiger partial charge in [0.1, 0.15) is 11.3 Å². The number of hydrogen-bond donors (Lipinski definition) is 0. The van der Waals surface area contributed by atoms with E-state index in [0.29, 0.717) is 27.9 Å². The second-order valence-corrected chi connectivity index (χ2v) is 7.77. The molecule has 0 aromatic heterocycles. The van der Waals surface area contributed by atoms with Crippen LogP contribution < -0.4 is 4.90 Å². The minimum atomic E-state index is -0.974. The van der Waals surface area contributed by atoms with E-state index in [-0.39, 0.29) is 16.8 Å². The van der Waals surface area contributed by atoms with E-state index in [2.05, 4.69) is 0 Å². The van der Waals surface area contributed by atoms with Crippen LogP contribution in [0, 0.1) is 20.8 Å². The molecule has 0 N–H and O–H groups in total. The third-order valence-corrected chi connectivity index (χ3v) is 5.66. The Morgan fingerprint density at radius 1 is 0.625 bits per heavy atom. The van der Waals surface area contributed by atoms with Crippen molar-refractivity contribution >= 4 is 28.9 Å². The lowest BCUT2D eigenvalue weighted by atomic mass is 9.93. The summed E-state index contributed by atoms with van der Waals surface area (Å²) in [5.41, 5.74) is 2.47. The summed E-state index contributed by atoms with van der Waals surface area (Å²) < 4.78 is 0. The molecule has 3 aromatic carbocycles. The average Bonchev–Trinajstić information content (AvgIpc) is 3.04. The van der Waals surface area contributed by atoms with E-state index in [4.69, 9.17) is 0 Å². The van der Waals surface area contributed by atoms with Gasteiger partial charge in [-0.15, -0.1) is 0 Å². The molecule has 32 heavy (non-hydrogen) atoms. The van der Waals surface area contributed by atoms with Gasteiger partial charge in [-0.05, 0) is 43.5 Å². The molecule has 1 amide bonds. The molecule has 0 saturated heterocycles. The molecule has 0 unspecified atom stereocenters. The lowest BCUT2D eigenvalue weighted by Gasteiger charge is -2.21. The number of para-hydroxylation sites is 1. The van der Waals surface area contributed by atoms with Crippen LogP contribution in [0.3, 0.4) is 0 Å². The Morgan fingerprint density at radius 3 is 1.62 bits per heavy atom. The Morgan fingerprint density at radius 2 is 1.09 bits per heavy atom. The molecule has 0 atom stereocenters. The van der Waals surface area contributed by atoms with Crippen LogP contribution >= 0.6 is 0 Å². The van der Waals surface area contributed by atoms with Crippen molar-refractivity contribution in [2.24, 2.45) is 0 Å². The number of ketones is 3. The molecule has 0 spiro atoms. The Kier molecular flexibility index (Phi) is 5.41. The molecule has 3 aromatic rings. The van der Waals surface area contributed by atoms with Gasteiger partial charge in [-0.25, -0.2) is 0 Å². The number of aryl methyl sites for hydroxylation is 3. The molecular weight excluding hydrogens is 402 g/mol. The van der Waals surface area contributed by atoms with Gasteiger partial charge in [0, 0.05) is 11.1 Å². The second-order valence-electron chi connectivity index (χ2n) is 7.77. The van der Waals surface area contributed by atoms with Crippen molar-refractivity contribution in [2.75, 3.05) is 4.90 Å². The molecule has 158 valence electrons. The molecule has 4 rings (SSSR count). The van der Waals surface area contributed by atoms with E-state index in [1.807, 2.05) is 0 Å². The highest BCUT2D eigenvalue weighted by Gasteiger charge is 2.46. The first-order chi connectivity index (χ1) is 15.3. The van der Waals surface area contributed by atoms with Gasteiger partial charge < -0.3 is 0 Å². The molecule has 1 aliphatic heterocycles. The maximum atomic E-state index is 13.7. The fourth-order valence-corrected chi connectivity index (χ4v) is 3.92. The van der Waals surface area contributed by atoms with Gasteiger partial charge in [0.25, 0.3) is 5.78 Å². The predicted molar refractivity (Wildman–Crippen MR) is 122 cm³/mol. The van der Waals surface area contributed by atoms with Crippen LogP contribution in [0.25, 0.3) is 0 Å². The van der Waals surface area contributed by atoms with Crippen LogP contribution in [0.1, 0.15) is 37.4 Å². The molecule has 5 heteroatoms. The minimum absolute atomic E-state index is 0.197. The van der Waals surface area contributed by atoms with E-state index < -0.39 is 23.3 Å². The van der Waals surface area contributed by atoms with Gasteiger partial charge in [0.05, 0.1) is 5.69 Å². The Balaban J connectivity index is 2.01. The molecule has 0 bridgehead atoms. The summed E-state index contributed by atoms with van der Waals surface area (Å²) in [6.07, 6.45) is 0. The van der Waals surface area contributed by atoms with Crippen molar-refractivity contribution in [2.45, 2.75) is 20.8 Å². The molecule has 1 heterocycles. The Hall–Kier alpha value is -4.12. The van der Waals surface area contributed by atoms with Gasteiger partial charge in [0.2, 0.25) is 5.78 Å². The summed E-state index contributed by atoms with van der Waals surface area (Å²) in [7, 11) is 0. The molecule has 0 fully saturated rings. The highest BCUT2D eigenvalue weighted by Crippen LogP contribution is 2.35. The van der Waals surface area contributed by atoms with Crippen LogP contribution in [-0.2, 0) is 9.59 Å². The maximum Gasteiger partial charge on any atom is 0.304 e. The van der Waals surface area contributed by atoms with E-state index in [1.54, 1.807) is 93.6 Å². The van der Waals surface area contributed by atoms with Crippen molar-refractivity contribution in [3.63, 3.8) is 0 Å². The second kappa shape index (κ2) is 8.19. The van der Waals surface area contributed by atoms with Crippen LogP contribution in [0.5, 0.6) is 0 Å². The number of nitrogens with zero attached hydrogens (tertiary/aromatic N) is 1. The zero-order chi connectivity index (χ0) is 23.0. The number of carbonyl (C=O) groups is 4. The number of hydrogen-bond acceptors (Lipinski definition) is 4. The largest absolute Gasteiger partial charge is 0.304 e. The monoisotopic (exact) mass is 423 g/mol. The third-order valence-electron chi connectivity index (χ3n) is 5.66. The average molecular weight is 423 g/mol. The topological polar surface area (TPSA) is 71.5 Å². The Labute approximate surface area is 186 Å². The van der Waals surface area contributed by atoms with Crippen molar-refractivity contribution < 1.29 is 19.2 Å². The first-order valence-electron chi connectivity index (χ1n) is 10.2. The van der Waals surface area contributed by atoms with Crippen molar-refractivity contribution in [1.82, 2.24) is 0 Å². The number of amides is 1. The number of allylic oxidation sites excluding steroid dienone is 1. The van der Waals surface area contributed by atoms with E-state index in [9.17, 15) is 19.2 Å². The summed E-state index contributed by atoms with van der Waals surface area (Å²) >= 11 is 0. The van der Waals surface area contributed by atoms with Crippen LogP contribution in [0.4, 0.5) is 5.69 Å². The van der Waals surface area contributed by atoms with Crippen LogP contribution in [-0.4, -0.2) is 23.3 Å². The summed E-state index contributed by atoms with van der Waals surface area (Å²) in [4.78, 5) is 54.6. The van der Waals surface area contributed by atoms with Gasteiger partial charge in [-0.3, -0.25) is 24.1 Å². The summed E-state index contributed by atoms with van der Waals surface area (Å²) in [6.45, 7) is 5.30. The molecule has 0 saturated carbocycles. The number of rotatable bonds is 5. The minimum Gasteiger partial charge on any atom is -0.288 e.